The van der Waals surface area contributed by atoms with Crippen LogP contribution in [0.4, 0.5) is 0 Å². The summed E-state index contributed by atoms with van der Waals surface area (Å²) in [4.78, 5) is 18.9. The molecule has 1 N–H and O–H groups in total. The van der Waals surface area contributed by atoms with Gasteiger partial charge in [0.05, 0.1) is 6.10 Å². The molecule has 138 valence electrons. The standard InChI is InChI=1S/C20H31N3O2/c1-21-9-11-23(12-10-21)15-18(24)14-22(2)20(25)13-17-8-7-16-5-3-4-6-19(16)17/h3-6,17-18,24H,7-15H2,1-2H3/t17-,18+/m0/s1. The fourth-order valence-corrected chi connectivity index (χ4v) is 4.03. The van der Waals surface area contributed by atoms with Crippen LogP contribution in [-0.4, -0.2) is 85.2 Å². The van der Waals surface area contributed by atoms with Crippen molar-refractivity contribution in [1.29, 1.82) is 0 Å². The molecule has 1 aromatic carbocycles. The summed E-state index contributed by atoms with van der Waals surface area (Å²) in [5.74, 6) is 0.472. The second-order valence-corrected chi connectivity index (χ2v) is 7.67. The first-order valence-corrected chi connectivity index (χ1v) is 9.43. The Morgan fingerprint density at radius 3 is 2.76 bits per heavy atom. The third-order valence-corrected chi connectivity index (χ3v) is 5.65. The molecule has 2 atom stereocenters. The molecule has 1 aliphatic carbocycles. The summed E-state index contributed by atoms with van der Waals surface area (Å²) in [5, 5.41) is 10.4. The van der Waals surface area contributed by atoms with Crippen molar-refractivity contribution in [2.75, 3.05) is 53.4 Å². The van der Waals surface area contributed by atoms with Crippen molar-refractivity contribution >= 4 is 5.91 Å². The maximum atomic E-state index is 12.6. The summed E-state index contributed by atoms with van der Waals surface area (Å²) in [7, 11) is 3.94. The quantitative estimate of drug-likeness (QED) is 0.841. The summed E-state index contributed by atoms with van der Waals surface area (Å²) in [6.45, 7) is 5.14. The van der Waals surface area contributed by atoms with Crippen molar-refractivity contribution in [3.05, 3.63) is 35.4 Å². The molecule has 5 heteroatoms. The van der Waals surface area contributed by atoms with Crippen molar-refractivity contribution in [2.24, 2.45) is 0 Å². The number of likely N-dealkylation sites (N-methyl/N-ethyl adjacent to an activating group) is 2. The van der Waals surface area contributed by atoms with Crippen LogP contribution in [0.3, 0.4) is 0 Å². The van der Waals surface area contributed by atoms with E-state index in [0.717, 1.165) is 39.0 Å². The fraction of sp³-hybridized carbons (Fsp3) is 0.650. The number of rotatable bonds is 6. The van der Waals surface area contributed by atoms with Gasteiger partial charge in [0.2, 0.25) is 5.91 Å². The first-order valence-electron chi connectivity index (χ1n) is 9.43. The molecule has 1 fully saturated rings. The number of piperazine rings is 1. The smallest absolute Gasteiger partial charge is 0.223 e. The van der Waals surface area contributed by atoms with Crippen molar-refractivity contribution in [3.63, 3.8) is 0 Å². The zero-order valence-corrected chi connectivity index (χ0v) is 15.5. The summed E-state index contributed by atoms with van der Waals surface area (Å²) in [5.41, 5.74) is 2.72. The second-order valence-electron chi connectivity index (χ2n) is 7.67. The molecule has 2 aliphatic rings. The lowest BCUT2D eigenvalue weighted by molar-refractivity contribution is -0.131. The predicted molar refractivity (Wildman–Crippen MR) is 99.7 cm³/mol. The molecular formula is C20H31N3O2. The van der Waals surface area contributed by atoms with Crippen LogP contribution >= 0.6 is 0 Å². The molecule has 0 radical (unpaired) electrons. The van der Waals surface area contributed by atoms with Crippen LogP contribution in [0.25, 0.3) is 0 Å². The molecule has 0 spiro atoms. The van der Waals surface area contributed by atoms with Crippen molar-refractivity contribution in [3.8, 4) is 0 Å². The van der Waals surface area contributed by atoms with Gasteiger partial charge in [0.1, 0.15) is 0 Å². The van der Waals surface area contributed by atoms with E-state index in [0.29, 0.717) is 25.4 Å². The highest BCUT2D eigenvalue weighted by atomic mass is 16.3. The van der Waals surface area contributed by atoms with E-state index in [1.165, 1.54) is 11.1 Å². The molecule has 25 heavy (non-hydrogen) atoms. The monoisotopic (exact) mass is 345 g/mol. The lowest BCUT2D eigenvalue weighted by atomic mass is 9.97. The first-order chi connectivity index (χ1) is 12.0. The average Bonchev–Trinajstić information content (AvgIpc) is 3.00. The van der Waals surface area contributed by atoms with E-state index in [9.17, 15) is 9.90 Å². The first kappa shape index (κ1) is 18.4. The molecular weight excluding hydrogens is 314 g/mol. The van der Waals surface area contributed by atoms with Gasteiger partial charge in [0.15, 0.2) is 0 Å². The van der Waals surface area contributed by atoms with E-state index < -0.39 is 6.10 Å². The van der Waals surface area contributed by atoms with Crippen molar-refractivity contribution in [2.45, 2.75) is 31.3 Å². The molecule has 0 aromatic heterocycles. The van der Waals surface area contributed by atoms with Crippen LogP contribution in [0.15, 0.2) is 24.3 Å². The number of hydrogen-bond donors (Lipinski definition) is 1. The van der Waals surface area contributed by atoms with Crippen molar-refractivity contribution in [1.82, 2.24) is 14.7 Å². The van der Waals surface area contributed by atoms with Gasteiger partial charge < -0.3 is 14.9 Å². The van der Waals surface area contributed by atoms with Crippen LogP contribution in [0.5, 0.6) is 0 Å². The third kappa shape index (κ3) is 4.81. The minimum Gasteiger partial charge on any atom is -0.390 e. The normalized spacial score (nSPS) is 22.6. The largest absolute Gasteiger partial charge is 0.390 e. The number of aliphatic hydroxyl groups excluding tert-OH is 1. The fourth-order valence-electron chi connectivity index (χ4n) is 4.03. The van der Waals surface area contributed by atoms with Gasteiger partial charge in [-0.15, -0.1) is 0 Å². The lowest BCUT2D eigenvalue weighted by Gasteiger charge is -2.34. The Labute approximate surface area is 151 Å². The average molecular weight is 345 g/mol. The summed E-state index contributed by atoms with van der Waals surface area (Å²) < 4.78 is 0. The molecule has 3 rings (SSSR count). The Morgan fingerprint density at radius 1 is 1.28 bits per heavy atom. The summed E-state index contributed by atoms with van der Waals surface area (Å²) in [6.07, 6.45) is 2.20. The minimum absolute atomic E-state index is 0.138. The molecule has 1 aromatic rings. The maximum Gasteiger partial charge on any atom is 0.223 e. The number of β-amino-alcohol motifs (C(OH)–C–C–N with tert-alkyl or cyclic N) is 1. The number of carbonyl (C=O) groups excluding carboxylic acids is 1. The van der Waals surface area contributed by atoms with Crippen LogP contribution in [0.2, 0.25) is 0 Å². The molecule has 0 unspecified atom stereocenters. The molecule has 1 heterocycles. The van der Waals surface area contributed by atoms with Crippen LogP contribution < -0.4 is 0 Å². The molecule has 1 amide bonds. The zero-order chi connectivity index (χ0) is 17.8. The second kappa shape index (κ2) is 8.30. The number of benzene rings is 1. The zero-order valence-electron chi connectivity index (χ0n) is 15.5. The van der Waals surface area contributed by atoms with Gasteiger partial charge in [-0.2, -0.15) is 0 Å². The number of aryl methyl sites for hydroxylation is 1. The van der Waals surface area contributed by atoms with E-state index in [1.807, 2.05) is 7.05 Å². The van der Waals surface area contributed by atoms with Crippen LogP contribution in [0, 0.1) is 0 Å². The summed E-state index contributed by atoms with van der Waals surface area (Å²) in [6, 6.07) is 8.46. The Morgan fingerprint density at radius 2 is 2.00 bits per heavy atom. The van der Waals surface area contributed by atoms with E-state index in [4.69, 9.17) is 0 Å². The summed E-state index contributed by atoms with van der Waals surface area (Å²) >= 11 is 0. The SMILES string of the molecule is CN1CCN(C[C@H](O)CN(C)C(=O)C[C@@H]2CCc3ccccc32)CC1. The lowest BCUT2D eigenvalue weighted by Crippen LogP contribution is -2.49. The van der Waals surface area contributed by atoms with Gasteiger partial charge in [-0.3, -0.25) is 9.69 Å². The Bertz CT molecular complexity index is 584. The van der Waals surface area contributed by atoms with Gasteiger partial charge in [0.25, 0.3) is 0 Å². The minimum atomic E-state index is -0.478. The predicted octanol–water partition coefficient (Wildman–Crippen LogP) is 1.17. The third-order valence-electron chi connectivity index (χ3n) is 5.65. The Kier molecular flexibility index (Phi) is 6.10. The van der Waals surface area contributed by atoms with E-state index in [2.05, 4.69) is 41.1 Å². The number of fused-ring (bicyclic) bond motifs is 1. The highest BCUT2D eigenvalue weighted by Gasteiger charge is 2.26. The molecule has 0 saturated carbocycles. The topological polar surface area (TPSA) is 47.0 Å². The number of hydrogen-bond acceptors (Lipinski definition) is 4. The van der Waals surface area contributed by atoms with Gasteiger partial charge in [0, 0.05) is 52.7 Å². The van der Waals surface area contributed by atoms with E-state index in [-0.39, 0.29) is 5.91 Å². The van der Waals surface area contributed by atoms with E-state index in [1.54, 1.807) is 4.90 Å². The van der Waals surface area contributed by atoms with Gasteiger partial charge in [-0.25, -0.2) is 0 Å². The number of nitrogens with zero attached hydrogens (tertiary/aromatic N) is 3. The van der Waals surface area contributed by atoms with Crippen molar-refractivity contribution < 1.29 is 9.90 Å². The maximum absolute atomic E-state index is 12.6. The Hall–Kier alpha value is -1.43. The highest BCUT2D eigenvalue weighted by Crippen LogP contribution is 2.35. The highest BCUT2D eigenvalue weighted by molar-refractivity contribution is 5.77. The van der Waals surface area contributed by atoms with Crippen LogP contribution in [0.1, 0.15) is 29.9 Å². The van der Waals surface area contributed by atoms with Gasteiger partial charge >= 0.3 is 0 Å². The van der Waals surface area contributed by atoms with Crippen LogP contribution in [-0.2, 0) is 11.2 Å². The number of carbonyl (C=O) groups is 1. The van der Waals surface area contributed by atoms with Gasteiger partial charge in [-0.1, -0.05) is 24.3 Å². The molecule has 1 saturated heterocycles. The van der Waals surface area contributed by atoms with E-state index >= 15 is 0 Å². The molecule has 5 nitrogen and oxygen atoms in total. The Balaban J connectivity index is 1.45. The van der Waals surface area contributed by atoms with Gasteiger partial charge in [-0.05, 0) is 36.9 Å². The molecule has 0 bridgehead atoms. The molecule has 1 aliphatic heterocycles. The number of amides is 1. The number of aliphatic hydroxyl groups is 1.